The van der Waals surface area contributed by atoms with E-state index in [4.69, 9.17) is 8.83 Å². The van der Waals surface area contributed by atoms with Gasteiger partial charge in [-0.1, -0.05) is 109 Å². The molecule has 0 aliphatic carbocycles. The minimum absolute atomic E-state index is 0.826. The minimum atomic E-state index is 0.826. The van der Waals surface area contributed by atoms with Crippen molar-refractivity contribution in [1.82, 2.24) is 0 Å². The van der Waals surface area contributed by atoms with Crippen molar-refractivity contribution < 1.29 is 8.83 Å². The minimum Gasteiger partial charge on any atom is -0.456 e. The van der Waals surface area contributed by atoms with Gasteiger partial charge in [-0.15, -0.1) is 11.3 Å². The normalized spacial score (nSPS) is 11.8. The number of benzene rings is 8. The maximum absolute atomic E-state index is 6.50. The lowest BCUT2D eigenvalue weighted by Gasteiger charge is -2.27. The second kappa shape index (κ2) is 11.5. The second-order valence-electron chi connectivity index (χ2n) is 13.2. The quantitative estimate of drug-likeness (QED) is 0.181. The van der Waals surface area contributed by atoms with Crippen molar-refractivity contribution in [1.29, 1.82) is 0 Å². The fourth-order valence-corrected chi connectivity index (χ4v) is 9.05. The second-order valence-corrected chi connectivity index (χ2v) is 14.3. The third-order valence-electron chi connectivity index (χ3n) is 10.3. The fourth-order valence-electron chi connectivity index (χ4n) is 7.92. The summed E-state index contributed by atoms with van der Waals surface area (Å²) in [5.41, 5.74) is 11.4. The van der Waals surface area contributed by atoms with E-state index >= 15 is 0 Å². The van der Waals surface area contributed by atoms with E-state index in [2.05, 4.69) is 163 Å². The standard InChI is InChI=1S/C48H29NO2S/c1-2-10-30(11-3-1)31-20-24-33(25-21-31)49(39-15-9-19-44-45(39)38-13-5-7-18-43(38)52-44)34-26-22-32(23-27-34)35-14-8-17-41-46(35)47-42(50-41)29-28-37-36-12-4-6-16-40(36)51-48(37)47/h1-29H. The molecule has 244 valence electrons. The molecule has 0 aliphatic rings. The molecule has 0 unspecified atom stereocenters. The van der Waals surface area contributed by atoms with Gasteiger partial charge in [0.25, 0.3) is 0 Å². The Labute approximate surface area is 303 Å². The molecule has 0 N–H and O–H groups in total. The first kappa shape index (κ1) is 29.1. The van der Waals surface area contributed by atoms with Gasteiger partial charge >= 0.3 is 0 Å². The Bertz CT molecular complexity index is 3110. The van der Waals surface area contributed by atoms with Gasteiger partial charge in [-0.3, -0.25) is 0 Å². The number of hydrogen-bond donors (Lipinski definition) is 0. The number of rotatable bonds is 5. The molecule has 3 heterocycles. The first-order chi connectivity index (χ1) is 25.8. The molecule has 4 heteroatoms. The number of nitrogens with zero attached hydrogens (tertiary/aromatic N) is 1. The van der Waals surface area contributed by atoms with E-state index in [-0.39, 0.29) is 0 Å². The van der Waals surface area contributed by atoms with E-state index in [1.165, 1.54) is 31.3 Å². The molecule has 52 heavy (non-hydrogen) atoms. The molecular formula is C48H29NO2S. The summed E-state index contributed by atoms with van der Waals surface area (Å²) >= 11 is 1.84. The lowest BCUT2D eigenvalue weighted by atomic mass is 9.98. The summed E-state index contributed by atoms with van der Waals surface area (Å²) in [6, 6.07) is 62.5. The molecule has 3 nitrogen and oxygen atoms in total. The van der Waals surface area contributed by atoms with Crippen LogP contribution in [0.1, 0.15) is 0 Å². The summed E-state index contributed by atoms with van der Waals surface area (Å²) < 4.78 is 15.5. The number of para-hydroxylation sites is 1. The third-order valence-corrected chi connectivity index (χ3v) is 11.4. The van der Waals surface area contributed by atoms with Crippen LogP contribution < -0.4 is 4.90 Å². The van der Waals surface area contributed by atoms with Crippen LogP contribution in [-0.2, 0) is 0 Å². The predicted octanol–water partition coefficient (Wildman–Crippen LogP) is 14.7. The van der Waals surface area contributed by atoms with Crippen LogP contribution in [0, 0.1) is 0 Å². The van der Waals surface area contributed by atoms with E-state index in [1.54, 1.807) is 0 Å². The van der Waals surface area contributed by atoms with E-state index in [0.717, 1.165) is 72.1 Å². The van der Waals surface area contributed by atoms with Crippen molar-refractivity contribution in [2.24, 2.45) is 0 Å². The molecule has 8 aromatic carbocycles. The van der Waals surface area contributed by atoms with Crippen LogP contribution in [0.25, 0.3) is 86.3 Å². The molecule has 0 atom stereocenters. The van der Waals surface area contributed by atoms with Crippen LogP contribution in [0.3, 0.4) is 0 Å². The molecule has 0 aliphatic heterocycles. The highest BCUT2D eigenvalue weighted by Gasteiger charge is 2.21. The van der Waals surface area contributed by atoms with Gasteiger partial charge in [-0.2, -0.15) is 0 Å². The summed E-state index contributed by atoms with van der Waals surface area (Å²) in [5, 5.41) is 6.83. The van der Waals surface area contributed by atoms with E-state index in [9.17, 15) is 0 Å². The number of hydrogen-bond acceptors (Lipinski definition) is 4. The average molecular weight is 684 g/mol. The van der Waals surface area contributed by atoms with E-state index in [1.807, 2.05) is 29.5 Å². The third kappa shape index (κ3) is 4.45. The molecule has 11 aromatic rings. The summed E-state index contributed by atoms with van der Waals surface area (Å²) in [6.07, 6.45) is 0. The number of anilines is 3. The molecule has 11 rings (SSSR count). The Morgan fingerprint density at radius 3 is 1.83 bits per heavy atom. The Balaban J connectivity index is 1.09. The first-order valence-corrected chi connectivity index (χ1v) is 18.3. The molecule has 0 radical (unpaired) electrons. The van der Waals surface area contributed by atoms with E-state index < -0.39 is 0 Å². The summed E-state index contributed by atoms with van der Waals surface area (Å²) in [4.78, 5) is 2.39. The zero-order valence-corrected chi connectivity index (χ0v) is 28.7. The van der Waals surface area contributed by atoms with Crippen LogP contribution in [0.2, 0.25) is 0 Å². The maximum Gasteiger partial charge on any atom is 0.147 e. The van der Waals surface area contributed by atoms with Gasteiger partial charge in [0.15, 0.2) is 0 Å². The number of thiophene rings is 1. The molecule has 0 saturated heterocycles. The topological polar surface area (TPSA) is 29.5 Å². The fraction of sp³-hybridized carbons (Fsp3) is 0. The van der Waals surface area contributed by atoms with Crippen LogP contribution in [0.4, 0.5) is 17.1 Å². The zero-order valence-electron chi connectivity index (χ0n) is 27.9. The van der Waals surface area contributed by atoms with Crippen LogP contribution in [-0.4, -0.2) is 0 Å². The van der Waals surface area contributed by atoms with Crippen LogP contribution >= 0.6 is 11.3 Å². The predicted molar refractivity (Wildman–Crippen MR) is 219 cm³/mol. The van der Waals surface area contributed by atoms with Crippen molar-refractivity contribution >= 4 is 92.4 Å². The van der Waals surface area contributed by atoms with Crippen molar-refractivity contribution in [3.8, 4) is 22.3 Å². The van der Waals surface area contributed by atoms with Gasteiger partial charge in [-0.25, -0.2) is 0 Å². The van der Waals surface area contributed by atoms with Gasteiger partial charge in [0, 0.05) is 47.7 Å². The highest BCUT2D eigenvalue weighted by atomic mass is 32.1. The highest BCUT2D eigenvalue weighted by molar-refractivity contribution is 7.26. The first-order valence-electron chi connectivity index (χ1n) is 17.5. The summed E-state index contributed by atoms with van der Waals surface area (Å²) in [7, 11) is 0. The maximum atomic E-state index is 6.50. The number of furan rings is 2. The Morgan fingerprint density at radius 1 is 0.365 bits per heavy atom. The van der Waals surface area contributed by atoms with Crippen molar-refractivity contribution in [3.63, 3.8) is 0 Å². The van der Waals surface area contributed by atoms with E-state index in [0.29, 0.717) is 0 Å². The highest BCUT2D eigenvalue weighted by Crippen LogP contribution is 2.46. The van der Waals surface area contributed by atoms with Crippen molar-refractivity contribution in [2.75, 3.05) is 4.90 Å². The number of fused-ring (bicyclic) bond motifs is 10. The zero-order chi connectivity index (χ0) is 34.2. The average Bonchev–Trinajstić information content (AvgIpc) is 3.90. The summed E-state index contributed by atoms with van der Waals surface area (Å²) in [6.45, 7) is 0. The Morgan fingerprint density at radius 2 is 1.00 bits per heavy atom. The van der Waals surface area contributed by atoms with Gasteiger partial charge < -0.3 is 13.7 Å². The van der Waals surface area contributed by atoms with Crippen molar-refractivity contribution in [2.45, 2.75) is 0 Å². The molecule has 0 saturated carbocycles. The SMILES string of the molecule is c1ccc(-c2ccc(N(c3ccc(-c4cccc5oc6ccc7c8ccccc8oc7c6c45)cc3)c3cccc4sc5ccccc5c34)cc2)cc1. The molecule has 0 amide bonds. The summed E-state index contributed by atoms with van der Waals surface area (Å²) in [5.74, 6) is 0. The lowest BCUT2D eigenvalue weighted by Crippen LogP contribution is -2.10. The monoisotopic (exact) mass is 683 g/mol. The van der Waals surface area contributed by atoms with Gasteiger partial charge in [0.05, 0.1) is 11.1 Å². The van der Waals surface area contributed by atoms with Crippen LogP contribution in [0.5, 0.6) is 0 Å². The Hall–Kier alpha value is -6.62. The van der Waals surface area contributed by atoms with Gasteiger partial charge in [0.1, 0.15) is 22.3 Å². The lowest BCUT2D eigenvalue weighted by molar-refractivity contribution is 0.663. The van der Waals surface area contributed by atoms with Crippen LogP contribution in [0.15, 0.2) is 185 Å². The smallest absolute Gasteiger partial charge is 0.147 e. The van der Waals surface area contributed by atoms with Crippen molar-refractivity contribution in [3.05, 3.63) is 176 Å². The Kier molecular flexibility index (Phi) is 6.42. The largest absolute Gasteiger partial charge is 0.456 e. The van der Waals surface area contributed by atoms with Gasteiger partial charge in [-0.05, 0) is 89.0 Å². The molecule has 3 aromatic heterocycles. The molecule has 0 bridgehead atoms. The molecule has 0 spiro atoms. The molecule has 0 fully saturated rings. The van der Waals surface area contributed by atoms with Gasteiger partial charge in [0.2, 0.25) is 0 Å². The molecular weight excluding hydrogens is 655 g/mol.